The van der Waals surface area contributed by atoms with Crippen LogP contribution in [0.25, 0.3) is 0 Å². The van der Waals surface area contributed by atoms with Crippen molar-refractivity contribution < 1.29 is 17.6 Å². The van der Waals surface area contributed by atoms with Crippen molar-refractivity contribution in [2.24, 2.45) is 0 Å². The number of halogens is 3. The summed E-state index contributed by atoms with van der Waals surface area (Å²) in [5.41, 5.74) is -0.644. The van der Waals surface area contributed by atoms with E-state index in [4.69, 9.17) is 10.7 Å². The highest BCUT2D eigenvalue weighted by molar-refractivity contribution is 9.10. The minimum atomic E-state index is -4.27. The molecule has 1 saturated carbocycles. The second-order valence-corrected chi connectivity index (χ2v) is 8.59. The molecule has 1 fully saturated rings. The van der Waals surface area contributed by atoms with Gasteiger partial charge in [-0.25, -0.2) is 12.8 Å². The topological polar surface area (TPSA) is 63.2 Å². The van der Waals surface area contributed by atoms with Crippen LogP contribution in [0.5, 0.6) is 0 Å². The third-order valence-corrected chi connectivity index (χ3v) is 5.66. The van der Waals surface area contributed by atoms with Gasteiger partial charge in [0.1, 0.15) is 4.90 Å². The van der Waals surface area contributed by atoms with Crippen LogP contribution in [0, 0.1) is 5.82 Å². The molecule has 1 amide bonds. The van der Waals surface area contributed by atoms with Gasteiger partial charge in [-0.3, -0.25) is 4.79 Å². The average Bonchev–Trinajstić information content (AvgIpc) is 2.34. The van der Waals surface area contributed by atoms with Crippen LogP contribution >= 0.6 is 26.6 Å². The van der Waals surface area contributed by atoms with Crippen LogP contribution < -0.4 is 5.32 Å². The van der Waals surface area contributed by atoms with E-state index in [1.807, 2.05) is 6.92 Å². The van der Waals surface area contributed by atoms with E-state index in [0.29, 0.717) is 0 Å². The van der Waals surface area contributed by atoms with Crippen LogP contribution in [0.2, 0.25) is 0 Å². The quantitative estimate of drug-likeness (QED) is 0.789. The van der Waals surface area contributed by atoms with E-state index < -0.39 is 25.7 Å². The lowest BCUT2D eigenvalue weighted by molar-refractivity contribution is 0.0815. The molecule has 1 aliphatic rings. The van der Waals surface area contributed by atoms with Crippen LogP contribution in [0.4, 0.5) is 4.39 Å². The molecule has 1 aliphatic carbocycles. The van der Waals surface area contributed by atoms with Gasteiger partial charge in [0.05, 0.1) is 5.56 Å². The molecule has 8 heteroatoms. The molecule has 0 unspecified atom stereocenters. The molecule has 0 saturated heterocycles. The largest absolute Gasteiger partial charge is 0.347 e. The number of hydrogen-bond donors (Lipinski definition) is 1. The minimum absolute atomic E-state index is 0.271. The fourth-order valence-electron chi connectivity index (χ4n) is 2.39. The Balaban J connectivity index is 2.40. The summed E-state index contributed by atoms with van der Waals surface area (Å²) in [6.45, 7) is 1.95. The van der Waals surface area contributed by atoms with Gasteiger partial charge in [-0.2, -0.15) is 0 Å². The number of nitrogens with one attached hydrogen (secondary N) is 1. The second-order valence-electron chi connectivity index (χ2n) is 5.14. The third-order valence-electron chi connectivity index (χ3n) is 3.88. The molecule has 1 aromatic rings. The highest BCUT2D eigenvalue weighted by Crippen LogP contribution is 2.35. The lowest BCUT2D eigenvalue weighted by Crippen LogP contribution is -2.53. The van der Waals surface area contributed by atoms with Crippen LogP contribution in [-0.2, 0) is 9.05 Å². The summed E-state index contributed by atoms with van der Waals surface area (Å²) in [6, 6.07) is 2.28. The Labute approximate surface area is 135 Å². The first-order valence-electron chi connectivity index (χ1n) is 6.45. The van der Waals surface area contributed by atoms with E-state index in [-0.39, 0.29) is 15.6 Å². The van der Waals surface area contributed by atoms with Gasteiger partial charge in [-0.15, -0.1) is 0 Å². The van der Waals surface area contributed by atoms with E-state index >= 15 is 0 Å². The molecule has 1 aromatic carbocycles. The van der Waals surface area contributed by atoms with Gasteiger partial charge in [0.2, 0.25) is 0 Å². The van der Waals surface area contributed by atoms with Crippen molar-refractivity contribution in [1.82, 2.24) is 5.32 Å². The number of benzene rings is 1. The smallest absolute Gasteiger partial charge is 0.264 e. The van der Waals surface area contributed by atoms with Crippen molar-refractivity contribution in [3.05, 3.63) is 28.0 Å². The Morgan fingerprint density at radius 2 is 2.10 bits per heavy atom. The van der Waals surface area contributed by atoms with Crippen molar-refractivity contribution in [2.45, 2.75) is 43.0 Å². The molecule has 2 rings (SSSR count). The minimum Gasteiger partial charge on any atom is -0.347 e. The summed E-state index contributed by atoms with van der Waals surface area (Å²) >= 11 is 3.07. The number of amides is 1. The van der Waals surface area contributed by atoms with Gasteiger partial charge in [0.15, 0.2) is 5.82 Å². The van der Waals surface area contributed by atoms with E-state index in [2.05, 4.69) is 21.2 Å². The SMILES string of the molecule is CCC1(NC(=O)c2cc(Br)cc(S(=O)(=O)Cl)c2F)CCC1. The molecule has 1 N–H and O–H groups in total. The van der Waals surface area contributed by atoms with Crippen LogP contribution in [0.3, 0.4) is 0 Å². The first-order valence-corrected chi connectivity index (χ1v) is 9.55. The second kappa shape index (κ2) is 5.85. The van der Waals surface area contributed by atoms with Crippen LogP contribution in [0.1, 0.15) is 43.0 Å². The zero-order chi connectivity index (χ0) is 15.8. The number of rotatable bonds is 4. The zero-order valence-corrected chi connectivity index (χ0v) is 14.4. The zero-order valence-electron chi connectivity index (χ0n) is 11.3. The Bertz CT molecular complexity index is 683. The highest BCUT2D eigenvalue weighted by Gasteiger charge is 2.37. The maximum atomic E-state index is 14.3. The molecule has 0 aliphatic heterocycles. The Morgan fingerprint density at radius 1 is 1.48 bits per heavy atom. The molecule has 0 heterocycles. The van der Waals surface area contributed by atoms with E-state index in [1.54, 1.807) is 0 Å². The van der Waals surface area contributed by atoms with Gasteiger partial charge < -0.3 is 5.32 Å². The molecule has 116 valence electrons. The summed E-state index contributed by atoms with van der Waals surface area (Å²) in [4.78, 5) is 11.5. The Hall–Kier alpha value is -0.660. The van der Waals surface area contributed by atoms with Gasteiger partial charge in [-0.1, -0.05) is 22.9 Å². The monoisotopic (exact) mass is 397 g/mol. The molecule has 0 atom stereocenters. The van der Waals surface area contributed by atoms with Crippen molar-refractivity contribution in [3.63, 3.8) is 0 Å². The average molecular weight is 399 g/mol. The fraction of sp³-hybridized carbons (Fsp3) is 0.462. The molecule has 0 aromatic heterocycles. The maximum Gasteiger partial charge on any atom is 0.264 e. The maximum absolute atomic E-state index is 14.3. The summed E-state index contributed by atoms with van der Waals surface area (Å²) in [5, 5.41) is 2.80. The standard InChI is InChI=1S/C13H14BrClFNO3S/c1-2-13(4-3-5-13)17-12(18)9-6-8(14)7-10(11(9)16)21(15,19)20/h6-7H,2-5H2,1H3,(H,17,18). The number of carbonyl (C=O) groups is 1. The summed E-state index contributed by atoms with van der Waals surface area (Å²) in [6.07, 6.45) is 3.43. The molecule has 0 radical (unpaired) electrons. The predicted octanol–water partition coefficient (Wildman–Crippen LogP) is 3.58. The van der Waals surface area contributed by atoms with Crippen molar-refractivity contribution in [2.75, 3.05) is 0 Å². The fourth-order valence-corrected chi connectivity index (χ4v) is 3.92. The third kappa shape index (κ3) is 3.40. The summed E-state index contributed by atoms with van der Waals surface area (Å²) < 4.78 is 37.3. The van der Waals surface area contributed by atoms with Gasteiger partial charge in [0.25, 0.3) is 15.0 Å². The molecule has 4 nitrogen and oxygen atoms in total. The normalized spacial score (nSPS) is 17.1. The van der Waals surface area contributed by atoms with Crippen molar-refractivity contribution in [1.29, 1.82) is 0 Å². The van der Waals surface area contributed by atoms with E-state index in [1.165, 1.54) is 6.07 Å². The van der Waals surface area contributed by atoms with Crippen molar-refractivity contribution >= 4 is 41.6 Å². The molecule has 0 bridgehead atoms. The first kappa shape index (κ1) is 16.7. The van der Waals surface area contributed by atoms with Crippen LogP contribution in [-0.4, -0.2) is 19.9 Å². The predicted molar refractivity (Wildman–Crippen MR) is 81.5 cm³/mol. The first-order chi connectivity index (χ1) is 9.68. The van der Waals surface area contributed by atoms with Crippen molar-refractivity contribution in [3.8, 4) is 0 Å². The summed E-state index contributed by atoms with van der Waals surface area (Å²) in [7, 11) is 0.925. The number of carbonyl (C=O) groups excluding carboxylic acids is 1. The van der Waals surface area contributed by atoms with Gasteiger partial charge in [-0.05, 0) is 37.8 Å². The highest BCUT2D eigenvalue weighted by atomic mass is 79.9. The van der Waals surface area contributed by atoms with Gasteiger partial charge >= 0.3 is 0 Å². The lowest BCUT2D eigenvalue weighted by atomic mass is 9.74. The van der Waals surface area contributed by atoms with Crippen LogP contribution in [0.15, 0.2) is 21.5 Å². The molecule has 0 spiro atoms. The van der Waals surface area contributed by atoms with Gasteiger partial charge in [0, 0.05) is 20.7 Å². The van der Waals surface area contributed by atoms with E-state index in [0.717, 1.165) is 31.7 Å². The Morgan fingerprint density at radius 3 is 2.52 bits per heavy atom. The molecule has 21 heavy (non-hydrogen) atoms. The summed E-state index contributed by atoms with van der Waals surface area (Å²) in [5.74, 6) is -1.76. The molecular formula is C13H14BrClFNO3S. The molecular weight excluding hydrogens is 385 g/mol. The Kier molecular flexibility index (Phi) is 4.66. The lowest BCUT2D eigenvalue weighted by Gasteiger charge is -2.42. The number of hydrogen-bond acceptors (Lipinski definition) is 3. The van der Waals surface area contributed by atoms with E-state index in [9.17, 15) is 17.6 Å².